The average Bonchev–Trinajstić information content (AvgIpc) is 2.96. The maximum atomic E-state index is 13.2. The van der Waals surface area contributed by atoms with Gasteiger partial charge in [-0.1, -0.05) is 42.5 Å². The Kier molecular flexibility index (Phi) is 7.29. The van der Waals surface area contributed by atoms with Crippen molar-refractivity contribution in [3.05, 3.63) is 119 Å². The molecule has 0 aromatic heterocycles. The summed E-state index contributed by atoms with van der Waals surface area (Å²) in [5, 5.41) is 5.17. The molecule has 0 bridgehead atoms. The summed E-state index contributed by atoms with van der Waals surface area (Å²) in [4.78, 5) is 52.8. The molecule has 0 heterocycles. The van der Waals surface area contributed by atoms with Gasteiger partial charge in [0.15, 0.2) is 11.6 Å². The van der Waals surface area contributed by atoms with Crippen LogP contribution in [0.25, 0.3) is 0 Å². The molecule has 2 N–H and O–H groups in total. The Morgan fingerprint density at radius 2 is 1.44 bits per heavy atom. The molecule has 2 amide bonds. The van der Waals surface area contributed by atoms with Crippen molar-refractivity contribution in [3.8, 4) is 5.75 Å². The Labute approximate surface area is 229 Å². The van der Waals surface area contributed by atoms with Crippen LogP contribution >= 0.6 is 11.8 Å². The first-order valence-electron chi connectivity index (χ1n) is 12.2. The van der Waals surface area contributed by atoms with Crippen LogP contribution in [0.1, 0.15) is 49.1 Å². The lowest BCUT2D eigenvalue weighted by Gasteiger charge is -2.21. The molecule has 4 aromatic rings. The van der Waals surface area contributed by atoms with Gasteiger partial charge in [-0.15, -0.1) is 11.8 Å². The smallest absolute Gasteiger partial charge is 0.255 e. The summed E-state index contributed by atoms with van der Waals surface area (Å²) < 4.78 is 5.13. The summed E-state index contributed by atoms with van der Waals surface area (Å²) in [7, 11) is 1.56. The Morgan fingerprint density at radius 3 is 2.15 bits per heavy atom. The predicted octanol–water partition coefficient (Wildman–Crippen LogP) is 5.84. The molecular formula is C31H24N2O5S. The number of ketones is 2. The van der Waals surface area contributed by atoms with Crippen molar-refractivity contribution in [1.82, 2.24) is 0 Å². The van der Waals surface area contributed by atoms with Gasteiger partial charge in [0.25, 0.3) is 5.91 Å². The van der Waals surface area contributed by atoms with E-state index in [1.54, 1.807) is 99.0 Å². The summed E-state index contributed by atoms with van der Waals surface area (Å²) in [6.07, 6.45) is 0. The van der Waals surface area contributed by atoms with E-state index in [1.807, 2.05) is 6.07 Å². The molecule has 0 aliphatic heterocycles. The number of carbonyl (C=O) groups excluding carboxylic acids is 4. The van der Waals surface area contributed by atoms with Crippen LogP contribution in [0.15, 0.2) is 95.9 Å². The monoisotopic (exact) mass is 536 g/mol. The van der Waals surface area contributed by atoms with Gasteiger partial charge >= 0.3 is 0 Å². The minimum atomic E-state index is -0.532. The topological polar surface area (TPSA) is 102 Å². The zero-order valence-electron chi connectivity index (χ0n) is 21.2. The Hall–Kier alpha value is -4.69. The highest BCUT2D eigenvalue weighted by Crippen LogP contribution is 2.33. The first kappa shape index (κ1) is 25.9. The highest BCUT2D eigenvalue weighted by Gasteiger charge is 2.32. The quantitative estimate of drug-likeness (QED) is 0.253. The van der Waals surface area contributed by atoms with Crippen molar-refractivity contribution in [2.45, 2.75) is 17.1 Å². The number of hydrogen-bond donors (Lipinski definition) is 2. The van der Waals surface area contributed by atoms with E-state index in [9.17, 15) is 19.2 Å². The molecular weight excluding hydrogens is 512 g/mol. The van der Waals surface area contributed by atoms with Crippen molar-refractivity contribution in [1.29, 1.82) is 0 Å². The maximum absolute atomic E-state index is 13.2. The second-order valence-corrected chi connectivity index (χ2v) is 10.3. The first-order chi connectivity index (χ1) is 18.9. The third-order valence-corrected chi connectivity index (χ3v) is 7.43. The SMILES string of the molecule is COc1ccc(C(=O)Nc2cccc(SC(C)C(=O)Nc3cccc4c3C(=O)c3ccccc3C4=O)c2)cc1. The molecule has 7 nitrogen and oxygen atoms in total. The Bertz CT molecular complexity index is 1610. The third-order valence-electron chi connectivity index (χ3n) is 6.34. The first-order valence-corrected chi connectivity index (χ1v) is 13.1. The highest BCUT2D eigenvalue weighted by atomic mass is 32.2. The van der Waals surface area contributed by atoms with Crippen LogP contribution in [0.2, 0.25) is 0 Å². The number of amides is 2. The summed E-state index contributed by atoms with van der Waals surface area (Å²) in [6.45, 7) is 1.75. The van der Waals surface area contributed by atoms with Gasteiger partial charge < -0.3 is 15.4 Å². The fraction of sp³-hybridized carbons (Fsp3) is 0.0968. The highest BCUT2D eigenvalue weighted by molar-refractivity contribution is 8.00. The van der Waals surface area contributed by atoms with Gasteiger partial charge in [-0.2, -0.15) is 0 Å². The second kappa shape index (κ2) is 11.0. The number of anilines is 2. The number of carbonyl (C=O) groups is 4. The lowest BCUT2D eigenvalue weighted by atomic mass is 9.83. The molecule has 0 saturated heterocycles. The van der Waals surface area contributed by atoms with Crippen LogP contribution in [-0.2, 0) is 4.79 Å². The van der Waals surface area contributed by atoms with Gasteiger partial charge in [0, 0.05) is 32.8 Å². The number of methoxy groups -OCH3 is 1. The van der Waals surface area contributed by atoms with Gasteiger partial charge in [-0.25, -0.2) is 0 Å². The summed E-state index contributed by atoms with van der Waals surface area (Å²) >= 11 is 1.31. The Morgan fingerprint density at radius 1 is 0.769 bits per heavy atom. The van der Waals surface area contributed by atoms with Crippen LogP contribution in [0.5, 0.6) is 5.75 Å². The predicted molar refractivity (Wildman–Crippen MR) is 151 cm³/mol. The molecule has 0 spiro atoms. The summed E-state index contributed by atoms with van der Waals surface area (Å²) in [6, 6.07) is 25.6. The van der Waals surface area contributed by atoms with E-state index >= 15 is 0 Å². The molecule has 0 fully saturated rings. The molecule has 0 saturated carbocycles. The fourth-order valence-corrected chi connectivity index (χ4v) is 5.26. The van der Waals surface area contributed by atoms with Crippen molar-refractivity contribution >= 4 is 46.5 Å². The van der Waals surface area contributed by atoms with Crippen LogP contribution < -0.4 is 15.4 Å². The molecule has 39 heavy (non-hydrogen) atoms. The minimum absolute atomic E-state index is 0.204. The zero-order chi connectivity index (χ0) is 27.5. The van der Waals surface area contributed by atoms with Crippen molar-refractivity contribution in [2.24, 2.45) is 0 Å². The van der Waals surface area contributed by atoms with Crippen LogP contribution in [0.4, 0.5) is 11.4 Å². The minimum Gasteiger partial charge on any atom is -0.497 e. The van der Waals surface area contributed by atoms with Gasteiger partial charge in [0.1, 0.15) is 5.75 Å². The normalized spacial score (nSPS) is 12.7. The lowest BCUT2D eigenvalue weighted by Crippen LogP contribution is -2.27. The number of hydrogen-bond acceptors (Lipinski definition) is 6. The second-order valence-electron chi connectivity index (χ2n) is 8.89. The van der Waals surface area contributed by atoms with Crippen molar-refractivity contribution in [2.75, 3.05) is 17.7 Å². The number of thioether (sulfide) groups is 1. The summed E-state index contributed by atoms with van der Waals surface area (Å²) in [5.74, 6) is -0.460. The van der Waals surface area contributed by atoms with Gasteiger partial charge in [0.05, 0.1) is 23.6 Å². The standard InChI is InChI=1S/C31H24N2O5S/c1-18(39-22-8-5-7-20(17-22)32-31(37)19-13-15-21(38-2)16-14-19)30(36)33-26-12-6-11-25-27(26)29(35)24-10-4-3-9-23(24)28(25)34/h3-18H,1-2H3,(H,32,37)(H,33,36). The molecule has 1 atom stereocenters. The van der Waals surface area contributed by atoms with Crippen LogP contribution in [0, 0.1) is 0 Å². The lowest BCUT2D eigenvalue weighted by molar-refractivity contribution is -0.115. The fourth-order valence-electron chi connectivity index (χ4n) is 4.33. The molecule has 0 radical (unpaired) electrons. The van der Waals surface area contributed by atoms with Crippen LogP contribution in [-0.4, -0.2) is 35.7 Å². The number of benzene rings is 4. The number of rotatable bonds is 7. The van der Waals surface area contributed by atoms with E-state index in [-0.39, 0.29) is 34.5 Å². The van der Waals surface area contributed by atoms with E-state index in [2.05, 4.69) is 10.6 Å². The summed E-state index contributed by atoms with van der Waals surface area (Å²) in [5.41, 5.74) is 2.55. The third kappa shape index (κ3) is 5.32. The number of fused-ring (bicyclic) bond motifs is 2. The van der Waals surface area contributed by atoms with Gasteiger partial charge in [0.2, 0.25) is 5.91 Å². The van der Waals surface area contributed by atoms with E-state index in [0.717, 1.165) is 4.90 Å². The van der Waals surface area contributed by atoms with Gasteiger partial charge in [-0.05, 0) is 55.5 Å². The van der Waals surface area contributed by atoms with Crippen molar-refractivity contribution < 1.29 is 23.9 Å². The molecule has 8 heteroatoms. The molecule has 194 valence electrons. The largest absolute Gasteiger partial charge is 0.497 e. The molecule has 1 aliphatic rings. The van der Waals surface area contributed by atoms with Gasteiger partial charge in [-0.3, -0.25) is 19.2 Å². The van der Waals surface area contributed by atoms with E-state index in [1.165, 1.54) is 11.8 Å². The molecule has 5 rings (SSSR count). The van der Waals surface area contributed by atoms with E-state index in [4.69, 9.17) is 4.74 Å². The van der Waals surface area contributed by atoms with Crippen LogP contribution in [0.3, 0.4) is 0 Å². The van der Waals surface area contributed by atoms with Crippen molar-refractivity contribution in [3.63, 3.8) is 0 Å². The number of ether oxygens (including phenoxy) is 1. The molecule has 4 aromatic carbocycles. The van der Waals surface area contributed by atoms with E-state index < -0.39 is 5.25 Å². The zero-order valence-corrected chi connectivity index (χ0v) is 22.0. The molecule has 1 aliphatic carbocycles. The average molecular weight is 537 g/mol. The van der Waals surface area contributed by atoms with E-state index in [0.29, 0.717) is 33.8 Å². The molecule has 1 unspecified atom stereocenters. The number of nitrogens with one attached hydrogen (secondary N) is 2. The Balaban J connectivity index is 1.28. The maximum Gasteiger partial charge on any atom is 0.255 e.